The van der Waals surface area contributed by atoms with Gasteiger partial charge >= 0.3 is 5.97 Å². The quantitative estimate of drug-likeness (QED) is 0.827. The topological polar surface area (TPSA) is 62.2 Å². The highest BCUT2D eigenvalue weighted by atomic mass is 35.5. The molecule has 0 fully saturated rings. The number of nitrogens with zero attached hydrogens (tertiary/aromatic N) is 1. The number of nitrogens with one attached hydrogen (secondary N) is 1. The Morgan fingerprint density at radius 2 is 2.35 bits per heavy atom. The van der Waals surface area contributed by atoms with E-state index < -0.39 is 5.97 Å². The first-order valence-electron chi connectivity index (χ1n) is 6.31. The first-order valence-corrected chi connectivity index (χ1v) is 7.57. The fraction of sp³-hybridized carbons (Fsp3) is 0.286. The lowest BCUT2D eigenvalue weighted by Gasteiger charge is -2.18. The van der Waals surface area contributed by atoms with Gasteiger partial charge < -0.3 is 10.4 Å². The fourth-order valence-corrected chi connectivity index (χ4v) is 3.00. The number of carboxylic acids is 1. The van der Waals surface area contributed by atoms with Crippen molar-refractivity contribution in [3.63, 3.8) is 0 Å². The normalized spacial score (nSPS) is 12.1. The molecule has 4 nitrogen and oxygen atoms in total. The van der Waals surface area contributed by atoms with Crippen molar-refractivity contribution in [2.45, 2.75) is 25.8 Å². The van der Waals surface area contributed by atoms with Gasteiger partial charge in [-0.3, -0.25) is 0 Å². The zero-order valence-corrected chi connectivity index (χ0v) is 12.5. The summed E-state index contributed by atoms with van der Waals surface area (Å²) in [6, 6.07) is 5.53. The van der Waals surface area contributed by atoms with Gasteiger partial charge in [-0.2, -0.15) is 0 Å². The Kier molecular flexibility index (Phi) is 4.98. The lowest BCUT2D eigenvalue weighted by molar-refractivity contribution is 0.0697. The third-order valence-electron chi connectivity index (χ3n) is 2.89. The van der Waals surface area contributed by atoms with E-state index in [0.717, 1.165) is 12.8 Å². The van der Waals surface area contributed by atoms with Crippen LogP contribution >= 0.6 is 22.9 Å². The Balaban J connectivity index is 2.27. The Bertz CT molecular complexity index is 587. The fourth-order valence-electron chi connectivity index (χ4n) is 1.94. The molecule has 0 aliphatic heterocycles. The second-order valence-electron chi connectivity index (χ2n) is 4.33. The summed E-state index contributed by atoms with van der Waals surface area (Å²) in [7, 11) is 0. The summed E-state index contributed by atoms with van der Waals surface area (Å²) >= 11 is 7.76. The maximum absolute atomic E-state index is 11.1. The van der Waals surface area contributed by atoms with Crippen LogP contribution < -0.4 is 5.32 Å². The number of halogens is 1. The minimum atomic E-state index is -1.05. The van der Waals surface area contributed by atoms with Crippen molar-refractivity contribution in [2.24, 2.45) is 0 Å². The highest BCUT2D eigenvalue weighted by Gasteiger charge is 2.17. The van der Waals surface area contributed by atoms with Crippen LogP contribution in [0.15, 0.2) is 29.8 Å². The molecular formula is C14H15ClN2O2S. The van der Waals surface area contributed by atoms with Crippen molar-refractivity contribution in [3.8, 4) is 0 Å². The maximum atomic E-state index is 11.1. The maximum Gasteiger partial charge on any atom is 0.337 e. The Morgan fingerprint density at radius 3 is 2.95 bits per heavy atom. The average molecular weight is 311 g/mol. The van der Waals surface area contributed by atoms with Gasteiger partial charge in [0, 0.05) is 11.1 Å². The average Bonchev–Trinajstić information content (AvgIpc) is 2.94. The number of aromatic nitrogens is 1. The second kappa shape index (κ2) is 6.72. The minimum Gasteiger partial charge on any atom is -0.478 e. The standard InChI is InChI=1S/C14H15ClN2O2S/c1-2-4-10(11-5-3-8-20-11)17-13-12(15)9(14(18)19)6-7-16-13/h3,5-8,10H,2,4H2,1H3,(H,16,17)(H,18,19). The zero-order chi connectivity index (χ0) is 14.5. The largest absolute Gasteiger partial charge is 0.478 e. The molecule has 0 aliphatic carbocycles. The first kappa shape index (κ1) is 14.8. The molecule has 0 saturated carbocycles. The van der Waals surface area contributed by atoms with Gasteiger partial charge in [-0.15, -0.1) is 11.3 Å². The predicted molar refractivity (Wildman–Crippen MR) is 81.8 cm³/mol. The van der Waals surface area contributed by atoms with Crippen molar-refractivity contribution in [1.29, 1.82) is 0 Å². The summed E-state index contributed by atoms with van der Waals surface area (Å²) in [5, 5.41) is 14.5. The molecule has 6 heteroatoms. The van der Waals surface area contributed by atoms with Crippen LogP contribution in [0.4, 0.5) is 5.82 Å². The van der Waals surface area contributed by atoms with E-state index >= 15 is 0 Å². The molecule has 2 N–H and O–H groups in total. The first-order chi connectivity index (χ1) is 9.63. The molecule has 2 heterocycles. The van der Waals surface area contributed by atoms with E-state index in [1.54, 1.807) is 11.3 Å². The minimum absolute atomic E-state index is 0.0607. The molecule has 0 aromatic carbocycles. The van der Waals surface area contributed by atoms with Crippen molar-refractivity contribution in [2.75, 3.05) is 5.32 Å². The van der Waals surface area contributed by atoms with Crippen LogP contribution in [0.3, 0.4) is 0 Å². The summed E-state index contributed by atoms with van der Waals surface area (Å²) in [4.78, 5) is 16.4. The number of hydrogen-bond acceptors (Lipinski definition) is 4. The smallest absolute Gasteiger partial charge is 0.337 e. The van der Waals surface area contributed by atoms with E-state index in [1.807, 2.05) is 17.5 Å². The predicted octanol–water partition coefficient (Wildman–Crippen LogP) is 4.45. The van der Waals surface area contributed by atoms with Crippen LogP contribution in [0, 0.1) is 0 Å². The molecule has 1 atom stereocenters. The number of aromatic carboxylic acids is 1. The number of carbonyl (C=O) groups is 1. The lowest BCUT2D eigenvalue weighted by atomic mass is 10.1. The van der Waals surface area contributed by atoms with Gasteiger partial charge in [0.25, 0.3) is 0 Å². The van der Waals surface area contributed by atoms with E-state index in [-0.39, 0.29) is 16.6 Å². The van der Waals surface area contributed by atoms with Crippen LogP contribution in [0.1, 0.15) is 41.0 Å². The molecule has 2 rings (SSSR count). The number of hydrogen-bond donors (Lipinski definition) is 2. The molecule has 0 spiro atoms. The van der Waals surface area contributed by atoms with Gasteiger partial charge in [-0.25, -0.2) is 9.78 Å². The van der Waals surface area contributed by atoms with Crippen molar-refractivity contribution >= 4 is 34.7 Å². The molecule has 0 aliphatic rings. The molecule has 2 aromatic rings. The summed E-state index contributed by atoms with van der Waals surface area (Å²) in [6.07, 6.45) is 3.39. The number of anilines is 1. The molecule has 0 amide bonds. The van der Waals surface area contributed by atoms with Gasteiger partial charge in [0.05, 0.1) is 16.6 Å². The molecular weight excluding hydrogens is 296 g/mol. The van der Waals surface area contributed by atoms with Gasteiger partial charge in [-0.05, 0) is 23.9 Å². The molecule has 106 valence electrons. The molecule has 20 heavy (non-hydrogen) atoms. The Labute approximate surface area is 126 Å². The van der Waals surface area contributed by atoms with Crippen LogP contribution in [0.25, 0.3) is 0 Å². The summed E-state index contributed by atoms with van der Waals surface area (Å²) in [5.74, 6) is -0.637. The van der Waals surface area contributed by atoms with Crippen molar-refractivity contribution in [1.82, 2.24) is 4.98 Å². The second-order valence-corrected chi connectivity index (χ2v) is 5.68. The highest BCUT2D eigenvalue weighted by molar-refractivity contribution is 7.10. The highest BCUT2D eigenvalue weighted by Crippen LogP contribution is 2.31. The van der Waals surface area contributed by atoms with Gasteiger partial charge in [0.15, 0.2) is 0 Å². The molecule has 2 aromatic heterocycles. The third-order valence-corrected chi connectivity index (χ3v) is 4.26. The van der Waals surface area contributed by atoms with Crippen molar-refractivity contribution in [3.05, 3.63) is 45.2 Å². The number of thiophene rings is 1. The lowest BCUT2D eigenvalue weighted by Crippen LogP contribution is -2.12. The Morgan fingerprint density at radius 1 is 1.55 bits per heavy atom. The summed E-state index contributed by atoms with van der Waals surface area (Å²) in [6.45, 7) is 2.10. The van der Waals surface area contributed by atoms with E-state index in [4.69, 9.17) is 16.7 Å². The number of rotatable bonds is 6. The zero-order valence-electron chi connectivity index (χ0n) is 11.0. The molecule has 0 saturated heterocycles. The van der Waals surface area contributed by atoms with Crippen molar-refractivity contribution < 1.29 is 9.90 Å². The third kappa shape index (κ3) is 3.29. The number of carboxylic acid groups (broad SMARTS) is 1. The summed E-state index contributed by atoms with van der Waals surface area (Å²) in [5.41, 5.74) is 0.0607. The van der Waals surface area contributed by atoms with Crippen LogP contribution in [-0.2, 0) is 0 Å². The van der Waals surface area contributed by atoms with E-state index in [2.05, 4.69) is 17.2 Å². The molecule has 1 unspecified atom stereocenters. The monoisotopic (exact) mass is 310 g/mol. The summed E-state index contributed by atoms with van der Waals surface area (Å²) < 4.78 is 0. The van der Waals surface area contributed by atoms with E-state index in [0.29, 0.717) is 5.82 Å². The molecule has 0 bridgehead atoms. The van der Waals surface area contributed by atoms with E-state index in [9.17, 15) is 4.79 Å². The van der Waals surface area contributed by atoms with E-state index in [1.165, 1.54) is 17.1 Å². The van der Waals surface area contributed by atoms with Crippen LogP contribution in [0.2, 0.25) is 5.02 Å². The Hall–Kier alpha value is -1.59. The number of pyridine rings is 1. The van der Waals surface area contributed by atoms with Gasteiger partial charge in [-0.1, -0.05) is 31.0 Å². The van der Waals surface area contributed by atoms with Crippen LogP contribution in [0.5, 0.6) is 0 Å². The van der Waals surface area contributed by atoms with Gasteiger partial charge in [0.1, 0.15) is 5.82 Å². The molecule has 0 radical (unpaired) electrons. The SMILES string of the molecule is CCCC(Nc1nccc(C(=O)O)c1Cl)c1cccs1. The van der Waals surface area contributed by atoms with Crippen LogP contribution in [-0.4, -0.2) is 16.1 Å². The van der Waals surface area contributed by atoms with Gasteiger partial charge in [0.2, 0.25) is 0 Å².